The number of aromatic amines is 1. The SMILES string of the molecule is CC.Cc1ccc(-c2cc(=O)c3ccccc3[nH]2)cc1. The largest absolute Gasteiger partial charge is 0.354 e. The highest BCUT2D eigenvalue weighted by Crippen LogP contribution is 2.18. The van der Waals surface area contributed by atoms with E-state index in [-0.39, 0.29) is 5.43 Å². The van der Waals surface area contributed by atoms with Crippen molar-refractivity contribution in [2.45, 2.75) is 20.8 Å². The van der Waals surface area contributed by atoms with E-state index in [2.05, 4.69) is 4.98 Å². The fourth-order valence-corrected chi connectivity index (χ4v) is 2.09. The van der Waals surface area contributed by atoms with Gasteiger partial charge in [0.05, 0.1) is 0 Å². The van der Waals surface area contributed by atoms with Crippen molar-refractivity contribution in [3.63, 3.8) is 0 Å². The lowest BCUT2D eigenvalue weighted by Gasteiger charge is -2.04. The minimum atomic E-state index is 0.0555. The molecule has 0 unspecified atom stereocenters. The summed E-state index contributed by atoms with van der Waals surface area (Å²) in [5.74, 6) is 0. The first kappa shape index (κ1) is 14.1. The Kier molecular flexibility index (Phi) is 4.36. The molecule has 1 N–H and O–H groups in total. The zero-order chi connectivity index (χ0) is 14.5. The molecule has 102 valence electrons. The van der Waals surface area contributed by atoms with Crippen LogP contribution in [-0.4, -0.2) is 4.98 Å². The fourth-order valence-electron chi connectivity index (χ4n) is 2.09. The van der Waals surface area contributed by atoms with E-state index in [1.165, 1.54) is 5.56 Å². The first-order chi connectivity index (χ1) is 9.74. The number of aromatic nitrogens is 1. The van der Waals surface area contributed by atoms with E-state index in [0.717, 1.165) is 22.2 Å². The van der Waals surface area contributed by atoms with Gasteiger partial charge in [0, 0.05) is 22.7 Å². The molecule has 0 atom stereocenters. The molecule has 3 aromatic rings. The minimum absolute atomic E-state index is 0.0555. The Morgan fingerprint density at radius 1 is 0.900 bits per heavy atom. The number of benzene rings is 2. The van der Waals surface area contributed by atoms with Crippen LogP contribution in [0.25, 0.3) is 22.2 Å². The van der Waals surface area contributed by atoms with E-state index in [4.69, 9.17) is 0 Å². The Morgan fingerprint density at radius 2 is 1.55 bits per heavy atom. The number of fused-ring (bicyclic) bond motifs is 1. The van der Waals surface area contributed by atoms with Gasteiger partial charge in [-0.3, -0.25) is 4.79 Å². The van der Waals surface area contributed by atoms with Gasteiger partial charge < -0.3 is 4.98 Å². The summed E-state index contributed by atoms with van der Waals surface area (Å²) in [6.45, 7) is 6.05. The highest BCUT2D eigenvalue weighted by molar-refractivity contribution is 5.81. The smallest absolute Gasteiger partial charge is 0.190 e. The monoisotopic (exact) mass is 265 g/mol. The number of pyridine rings is 1. The van der Waals surface area contributed by atoms with Crippen molar-refractivity contribution in [2.75, 3.05) is 0 Å². The van der Waals surface area contributed by atoms with Crippen molar-refractivity contribution in [2.24, 2.45) is 0 Å². The third-order valence-electron chi connectivity index (χ3n) is 3.10. The lowest BCUT2D eigenvalue weighted by Crippen LogP contribution is -2.02. The summed E-state index contributed by atoms with van der Waals surface area (Å²) >= 11 is 0. The fraction of sp³-hybridized carbons (Fsp3) is 0.167. The Hall–Kier alpha value is -2.35. The van der Waals surface area contributed by atoms with E-state index in [1.807, 2.05) is 69.3 Å². The van der Waals surface area contributed by atoms with Crippen molar-refractivity contribution in [1.82, 2.24) is 4.98 Å². The Morgan fingerprint density at radius 3 is 2.25 bits per heavy atom. The first-order valence-corrected chi connectivity index (χ1v) is 6.93. The predicted octanol–water partition coefficient (Wildman–Crippen LogP) is 4.53. The molecule has 0 aliphatic carbocycles. The minimum Gasteiger partial charge on any atom is -0.354 e. The van der Waals surface area contributed by atoms with Crippen molar-refractivity contribution in [1.29, 1.82) is 0 Å². The summed E-state index contributed by atoms with van der Waals surface area (Å²) in [6, 6.07) is 17.4. The van der Waals surface area contributed by atoms with E-state index in [9.17, 15) is 4.79 Å². The molecule has 0 saturated carbocycles. The summed E-state index contributed by atoms with van der Waals surface area (Å²) in [6.07, 6.45) is 0. The molecule has 0 bridgehead atoms. The molecule has 0 aliphatic heterocycles. The van der Waals surface area contributed by atoms with Crippen molar-refractivity contribution in [3.05, 3.63) is 70.4 Å². The lowest BCUT2D eigenvalue weighted by molar-refractivity contribution is 1.37. The number of hydrogen-bond acceptors (Lipinski definition) is 1. The molecular formula is C18H19NO. The van der Waals surface area contributed by atoms with Crippen LogP contribution in [-0.2, 0) is 0 Å². The number of nitrogens with one attached hydrogen (secondary N) is 1. The van der Waals surface area contributed by atoms with Gasteiger partial charge >= 0.3 is 0 Å². The van der Waals surface area contributed by atoms with Gasteiger partial charge in [-0.15, -0.1) is 0 Å². The van der Waals surface area contributed by atoms with Gasteiger partial charge in [0.1, 0.15) is 0 Å². The second-order valence-corrected chi connectivity index (χ2v) is 4.46. The Labute approximate surface area is 119 Å². The number of H-pyrrole nitrogens is 1. The average molecular weight is 265 g/mol. The molecule has 0 aliphatic rings. The van der Waals surface area contributed by atoms with Crippen LogP contribution in [0.2, 0.25) is 0 Å². The third kappa shape index (κ3) is 2.80. The van der Waals surface area contributed by atoms with Gasteiger partial charge in [0.2, 0.25) is 0 Å². The summed E-state index contributed by atoms with van der Waals surface area (Å²) < 4.78 is 0. The molecule has 2 nitrogen and oxygen atoms in total. The molecule has 0 fully saturated rings. The van der Waals surface area contributed by atoms with E-state index >= 15 is 0 Å². The maximum absolute atomic E-state index is 12.0. The standard InChI is InChI=1S/C16H13NO.C2H6/c1-11-6-8-12(9-7-11)15-10-16(18)13-4-2-3-5-14(13)17-15;1-2/h2-10H,1H3,(H,17,18);1-2H3. The molecule has 2 aromatic carbocycles. The van der Waals surface area contributed by atoms with Crippen molar-refractivity contribution >= 4 is 10.9 Å². The third-order valence-corrected chi connectivity index (χ3v) is 3.10. The maximum atomic E-state index is 12.0. The van der Waals surface area contributed by atoms with Gasteiger partial charge in [-0.1, -0.05) is 55.8 Å². The Balaban J connectivity index is 0.000000704. The van der Waals surface area contributed by atoms with Gasteiger partial charge in [0.25, 0.3) is 0 Å². The van der Waals surface area contributed by atoms with Gasteiger partial charge in [-0.25, -0.2) is 0 Å². The zero-order valence-corrected chi connectivity index (χ0v) is 12.1. The molecule has 0 amide bonds. The van der Waals surface area contributed by atoms with Crippen LogP contribution in [0.4, 0.5) is 0 Å². The summed E-state index contributed by atoms with van der Waals surface area (Å²) in [5.41, 5.74) is 4.03. The predicted molar refractivity (Wildman–Crippen MR) is 86.1 cm³/mol. The highest BCUT2D eigenvalue weighted by Gasteiger charge is 2.03. The lowest BCUT2D eigenvalue weighted by atomic mass is 10.1. The van der Waals surface area contributed by atoms with Crippen LogP contribution < -0.4 is 5.43 Å². The zero-order valence-electron chi connectivity index (χ0n) is 12.1. The van der Waals surface area contributed by atoms with Crippen molar-refractivity contribution in [3.8, 4) is 11.3 Å². The van der Waals surface area contributed by atoms with Gasteiger partial charge in [-0.05, 0) is 24.6 Å². The highest BCUT2D eigenvalue weighted by atomic mass is 16.1. The molecule has 2 heteroatoms. The molecular weight excluding hydrogens is 246 g/mol. The van der Waals surface area contributed by atoms with Crippen LogP contribution in [0.15, 0.2) is 59.4 Å². The second-order valence-electron chi connectivity index (χ2n) is 4.46. The van der Waals surface area contributed by atoms with E-state index in [1.54, 1.807) is 6.07 Å². The molecule has 1 heterocycles. The van der Waals surface area contributed by atoms with E-state index < -0.39 is 0 Å². The van der Waals surface area contributed by atoms with Gasteiger partial charge in [0.15, 0.2) is 5.43 Å². The van der Waals surface area contributed by atoms with Crippen LogP contribution in [0.3, 0.4) is 0 Å². The first-order valence-electron chi connectivity index (χ1n) is 6.93. The normalized spacial score (nSPS) is 9.95. The molecule has 0 saturated heterocycles. The number of rotatable bonds is 1. The molecule has 0 radical (unpaired) electrons. The quantitative estimate of drug-likeness (QED) is 0.689. The van der Waals surface area contributed by atoms with Crippen LogP contribution in [0.5, 0.6) is 0 Å². The topological polar surface area (TPSA) is 32.9 Å². The molecule has 3 rings (SSSR count). The summed E-state index contributed by atoms with van der Waals surface area (Å²) in [5, 5.41) is 0.730. The van der Waals surface area contributed by atoms with Gasteiger partial charge in [-0.2, -0.15) is 0 Å². The average Bonchev–Trinajstić information content (AvgIpc) is 2.50. The molecule has 1 aromatic heterocycles. The summed E-state index contributed by atoms with van der Waals surface area (Å²) in [4.78, 5) is 15.3. The van der Waals surface area contributed by atoms with Crippen LogP contribution in [0.1, 0.15) is 19.4 Å². The molecule has 20 heavy (non-hydrogen) atoms. The number of aryl methyl sites for hydroxylation is 1. The van der Waals surface area contributed by atoms with Crippen molar-refractivity contribution < 1.29 is 0 Å². The maximum Gasteiger partial charge on any atom is 0.190 e. The number of para-hydroxylation sites is 1. The summed E-state index contributed by atoms with van der Waals surface area (Å²) in [7, 11) is 0. The number of hydrogen-bond donors (Lipinski definition) is 1. The van der Waals surface area contributed by atoms with Crippen LogP contribution in [0, 0.1) is 6.92 Å². The van der Waals surface area contributed by atoms with E-state index in [0.29, 0.717) is 0 Å². The molecule has 0 spiro atoms. The van der Waals surface area contributed by atoms with Crippen LogP contribution >= 0.6 is 0 Å². The second kappa shape index (κ2) is 6.20. The Bertz CT molecular complexity index is 754.